The van der Waals surface area contributed by atoms with Crippen LogP contribution in [0.3, 0.4) is 0 Å². The highest BCUT2D eigenvalue weighted by Crippen LogP contribution is 2.33. The summed E-state index contributed by atoms with van der Waals surface area (Å²) >= 11 is 0. The SMILES string of the molecule is CN1CCN(CC2CCN(c3ccc(NC(=O)C4CCN(c5cccc(C(F)(F)F)c5)CC4)nc3)CC2)CC1. The van der Waals surface area contributed by atoms with Crippen molar-refractivity contribution in [2.75, 3.05) is 81.1 Å². The first-order chi connectivity index (χ1) is 18.7. The lowest BCUT2D eigenvalue weighted by Crippen LogP contribution is -2.47. The van der Waals surface area contributed by atoms with E-state index in [-0.39, 0.29) is 11.8 Å². The van der Waals surface area contributed by atoms with Gasteiger partial charge in [0.05, 0.1) is 17.4 Å². The molecule has 1 aromatic heterocycles. The van der Waals surface area contributed by atoms with Gasteiger partial charge in [0.25, 0.3) is 0 Å². The number of carbonyl (C=O) groups is 1. The Hall–Kier alpha value is -2.85. The average Bonchev–Trinajstić information content (AvgIpc) is 2.95. The summed E-state index contributed by atoms with van der Waals surface area (Å²) in [4.78, 5) is 26.7. The molecule has 1 aromatic carbocycles. The van der Waals surface area contributed by atoms with E-state index >= 15 is 0 Å². The fourth-order valence-corrected chi connectivity index (χ4v) is 5.92. The molecule has 0 radical (unpaired) electrons. The first-order valence-electron chi connectivity index (χ1n) is 14.1. The first kappa shape index (κ1) is 27.7. The van der Waals surface area contributed by atoms with Crippen LogP contribution in [-0.2, 0) is 11.0 Å². The quantitative estimate of drug-likeness (QED) is 0.581. The molecule has 3 aliphatic heterocycles. The summed E-state index contributed by atoms with van der Waals surface area (Å²) < 4.78 is 39.2. The topological polar surface area (TPSA) is 55.0 Å². The van der Waals surface area contributed by atoms with Gasteiger partial charge in [0.15, 0.2) is 0 Å². The summed E-state index contributed by atoms with van der Waals surface area (Å²) in [7, 11) is 2.19. The lowest BCUT2D eigenvalue weighted by Gasteiger charge is -2.38. The fourth-order valence-electron chi connectivity index (χ4n) is 5.92. The van der Waals surface area contributed by atoms with E-state index < -0.39 is 11.7 Å². The van der Waals surface area contributed by atoms with Gasteiger partial charge in [0, 0.05) is 70.5 Å². The number of piperidine rings is 2. The van der Waals surface area contributed by atoms with Crippen LogP contribution in [0.2, 0.25) is 0 Å². The lowest BCUT2D eigenvalue weighted by atomic mass is 9.95. The van der Waals surface area contributed by atoms with E-state index in [1.54, 1.807) is 6.07 Å². The molecule has 0 atom stereocenters. The van der Waals surface area contributed by atoms with Crippen molar-refractivity contribution < 1.29 is 18.0 Å². The summed E-state index contributed by atoms with van der Waals surface area (Å²) in [5.41, 5.74) is 0.981. The molecule has 0 spiro atoms. The van der Waals surface area contributed by atoms with Gasteiger partial charge in [-0.15, -0.1) is 0 Å². The number of nitrogens with zero attached hydrogens (tertiary/aromatic N) is 5. The molecular formula is C29H39F3N6O. The minimum absolute atomic E-state index is 0.0799. The normalized spacial score (nSPS) is 20.8. The van der Waals surface area contributed by atoms with Crippen molar-refractivity contribution in [2.45, 2.75) is 31.9 Å². The van der Waals surface area contributed by atoms with Crippen molar-refractivity contribution in [3.8, 4) is 0 Å². The smallest absolute Gasteiger partial charge is 0.371 e. The molecule has 7 nitrogen and oxygen atoms in total. The zero-order valence-corrected chi connectivity index (χ0v) is 22.7. The zero-order chi connectivity index (χ0) is 27.4. The monoisotopic (exact) mass is 544 g/mol. The molecule has 39 heavy (non-hydrogen) atoms. The maximum Gasteiger partial charge on any atom is 0.416 e. The number of piperazine rings is 1. The van der Waals surface area contributed by atoms with Crippen LogP contribution in [0.25, 0.3) is 0 Å². The lowest BCUT2D eigenvalue weighted by molar-refractivity contribution is -0.137. The summed E-state index contributed by atoms with van der Waals surface area (Å²) in [6.45, 7) is 8.98. The van der Waals surface area contributed by atoms with E-state index in [1.807, 2.05) is 23.2 Å². The van der Waals surface area contributed by atoms with Gasteiger partial charge in [-0.1, -0.05) is 6.07 Å². The Balaban J connectivity index is 1.06. The Labute approximate surface area is 229 Å². The van der Waals surface area contributed by atoms with Crippen molar-refractivity contribution in [3.63, 3.8) is 0 Å². The Morgan fingerprint density at radius 2 is 1.56 bits per heavy atom. The molecule has 1 amide bonds. The predicted molar refractivity (Wildman–Crippen MR) is 148 cm³/mol. The summed E-state index contributed by atoms with van der Waals surface area (Å²) in [6, 6.07) is 9.28. The minimum atomic E-state index is -4.36. The zero-order valence-electron chi connectivity index (χ0n) is 22.7. The van der Waals surface area contributed by atoms with Crippen molar-refractivity contribution in [1.82, 2.24) is 14.8 Å². The molecule has 0 unspecified atom stereocenters. The van der Waals surface area contributed by atoms with Crippen molar-refractivity contribution in [3.05, 3.63) is 48.2 Å². The number of amides is 1. The Kier molecular flexibility index (Phi) is 8.61. The van der Waals surface area contributed by atoms with Gasteiger partial charge in [-0.3, -0.25) is 4.79 Å². The number of halogens is 3. The minimum Gasteiger partial charge on any atom is -0.371 e. The van der Waals surface area contributed by atoms with Gasteiger partial charge < -0.3 is 24.9 Å². The van der Waals surface area contributed by atoms with Crippen molar-refractivity contribution in [2.24, 2.45) is 11.8 Å². The summed E-state index contributed by atoms with van der Waals surface area (Å²) in [5, 5.41) is 2.94. The number of pyridine rings is 1. The Morgan fingerprint density at radius 1 is 0.897 bits per heavy atom. The number of alkyl halides is 3. The largest absolute Gasteiger partial charge is 0.416 e. The fraction of sp³-hybridized carbons (Fsp3) is 0.586. The molecule has 3 aliphatic rings. The highest BCUT2D eigenvalue weighted by Gasteiger charge is 2.32. The number of benzene rings is 1. The molecule has 0 aliphatic carbocycles. The van der Waals surface area contributed by atoms with Gasteiger partial charge in [0.1, 0.15) is 5.82 Å². The number of nitrogens with one attached hydrogen (secondary N) is 1. The molecular weight excluding hydrogens is 505 g/mol. The highest BCUT2D eigenvalue weighted by molar-refractivity contribution is 5.92. The highest BCUT2D eigenvalue weighted by atomic mass is 19.4. The van der Waals surface area contributed by atoms with Crippen LogP contribution in [-0.4, -0.2) is 86.6 Å². The third-order valence-corrected chi connectivity index (χ3v) is 8.50. The van der Waals surface area contributed by atoms with Gasteiger partial charge in [-0.05, 0) is 69.0 Å². The maximum atomic E-state index is 13.1. The molecule has 0 bridgehead atoms. The summed E-state index contributed by atoms with van der Waals surface area (Å²) in [6.07, 6.45) is 1.02. The Morgan fingerprint density at radius 3 is 2.21 bits per heavy atom. The van der Waals surface area contributed by atoms with E-state index in [1.165, 1.54) is 44.6 Å². The van der Waals surface area contributed by atoms with Crippen LogP contribution in [0.4, 0.5) is 30.4 Å². The van der Waals surface area contributed by atoms with Crippen LogP contribution in [0.5, 0.6) is 0 Å². The van der Waals surface area contributed by atoms with Gasteiger partial charge in [0.2, 0.25) is 5.91 Å². The average molecular weight is 545 g/mol. The third-order valence-electron chi connectivity index (χ3n) is 8.50. The molecule has 3 fully saturated rings. The standard InChI is InChI=1S/C29H39F3N6O/c1-35-15-17-36(18-16-35)21-22-7-11-38(12-8-22)26-5-6-27(33-20-26)34-28(39)23-9-13-37(14-10-23)25-4-2-3-24(19-25)29(30,31)32/h2-6,19-20,22-23H,7-18,21H2,1H3,(H,33,34,39). The molecule has 10 heteroatoms. The predicted octanol–water partition coefficient (Wildman–Crippen LogP) is 4.42. The van der Waals surface area contributed by atoms with Crippen LogP contribution >= 0.6 is 0 Å². The molecule has 4 heterocycles. The second-order valence-electron chi connectivity index (χ2n) is 11.2. The van der Waals surface area contributed by atoms with Gasteiger partial charge >= 0.3 is 6.18 Å². The summed E-state index contributed by atoms with van der Waals surface area (Å²) in [5.74, 6) is 1.02. The van der Waals surface area contributed by atoms with Crippen LogP contribution in [0, 0.1) is 11.8 Å². The number of aromatic nitrogens is 1. The van der Waals surface area contributed by atoms with E-state index in [4.69, 9.17) is 0 Å². The van der Waals surface area contributed by atoms with Gasteiger partial charge in [-0.2, -0.15) is 13.2 Å². The van der Waals surface area contributed by atoms with E-state index in [9.17, 15) is 18.0 Å². The molecule has 0 saturated carbocycles. The van der Waals surface area contributed by atoms with Crippen LogP contribution in [0.15, 0.2) is 42.6 Å². The first-order valence-corrected chi connectivity index (χ1v) is 14.1. The maximum absolute atomic E-state index is 13.1. The molecule has 2 aromatic rings. The van der Waals surface area contributed by atoms with Crippen LogP contribution in [0.1, 0.15) is 31.2 Å². The second-order valence-corrected chi connectivity index (χ2v) is 11.2. The van der Waals surface area contributed by atoms with Crippen LogP contribution < -0.4 is 15.1 Å². The molecule has 212 valence electrons. The number of rotatable bonds is 6. The molecule has 1 N–H and O–H groups in total. The number of hydrogen-bond donors (Lipinski definition) is 1. The third kappa shape index (κ3) is 7.22. The number of hydrogen-bond acceptors (Lipinski definition) is 6. The number of likely N-dealkylation sites (N-methyl/N-ethyl adjacent to an activating group) is 1. The second kappa shape index (κ2) is 12.1. The molecule has 5 rings (SSSR count). The van der Waals surface area contributed by atoms with E-state index in [0.717, 1.165) is 43.9 Å². The number of carbonyl (C=O) groups excluding carboxylic acids is 1. The van der Waals surface area contributed by atoms with E-state index in [2.05, 4.69) is 32.0 Å². The van der Waals surface area contributed by atoms with E-state index in [0.29, 0.717) is 37.4 Å². The number of anilines is 3. The van der Waals surface area contributed by atoms with Gasteiger partial charge in [-0.25, -0.2) is 4.98 Å². The van der Waals surface area contributed by atoms with Crippen molar-refractivity contribution >= 4 is 23.1 Å². The van der Waals surface area contributed by atoms with Crippen molar-refractivity contribution in [1.29, 1.82) is 0 Å². The molecule has 3 saturated heterocycles. The Bertz CT molecular complexity index is 1090.